The molecule has 2 rings (SSSR count). The van der Waals surface area contributed by atoms with Crippen molar-refractivity contribution in [1.29, 1.82) is 0 Å². The van der Waals surface area contributed by atoms with E-state index in [1.165, 1.54) is 0 Å². The van der Waals surface area contributed by atoms with Gasteiger partial charge in [-0.25, -0.2) is 0 Å². The van der Waals surface area contributed by atoms with Gasteiger partial charge in [0, 0.05) is 26.3 Å². The van der Waals surface area contributed by atoms with E-state index in [1.807, 2.05) is 0 Å². The minimum absolute atomic E-state index is 0.331. The first-order chi connectivity index (χ1) is 9.63. The summed E-state index contributed by atoms with van der Waals surface area (Å²) in [6.07, 6.45) is -1.65. The number of aliphatic hydroxyl groups excluding tert-OH is 1. The first-order valence-corrected chi connectivity index (χ1v) is 6.51. The molecule has 4 atom stereocenters. The van der Waals surface area contributed by atoms with E-state index in [2.05, 4.69) is 0 Å². The summed E-state index contributed by atoms with van der Waals surface area (Å²) in [7, 11) is 3.12. The highest BCUT2D eigenvalue weighted by atomic mass is 16.7. The number of anilines is 1. The second-order valence-corrected chi connectivity index (χ2v) is 4.75. The van der Waals surface area contributed by atoms with E-state index >= 15 is 0 Å². The Morgan fingerprint density at radius 3 is 2.60 bits per heavy atom. The maximum atomic E-state index is 10.1. The quantitative estimate of drug-likeness (QED) is 0.777. The fourth-order valence-corrected chi connectivity index (χ4v) is 2.29. The van der Waals surface area contributed by atoms with Crippen LogP contribution in [0.15, 0.2) is 24.3 Å². The van der Waals surface area contributed by atoms with Crippen molar-refractivity contribution in [3.05, 3.63) is 24.3 Å². The van der Waals surface area contributed by atoms with Crippen LogP contribution in [0.3, 0.4) is 0 Å². The molecule has 3 N–H and O–H groups in total. The molecule has 1 heterocycles. The predicted molar refractivity (Wildman–Crippen MR) is 73.4 cm³/mol. The first-order valence-electron chi connectivity index (χ1n) is 6.51. The van der Waals surface area contributed by atoms with Gasteiger partial charge in [0.1, 0.15) is 18.0 Å². The third kappa shape index (κ3) is 3.61. The van der Waals surface area contributed by atoms with Gasteiger partial charge in [0.05, 0.1) is 12.7 Å². The number of aliphatic hydroxyl groups is 1. The summed E-state index contributed by atoms with van der Waals surface area (Å²) in [5, 5.41) is 10.1. The average Bonchev–Trinajstić information content (AvgIpc) is 2.42. The van der Waals surface area contributed by atoms with Crippen LogP contribution in [0.4, 0.5) is 5.69 Å². The molecule has 6 nitrogen and oxygen atoms in total. The highest BCUT2D eigenvalue weighted by Gasteiger charge is 2.39. The Labute approximate surface area is 118 Å². The summed E-state index contributed by atoms with van der Waals surface area (Å²) in [6, 6.07) is 7.02. The van der Waals surface area contributed by atoms with Crippen molar-refractivity contribution in [2.24, 2.45) is 0 Å². The number of nitrogens with two attached hydrogens (primary N) is 1. The number of nitrogen functional groups attached to an aromatic ring is 1. The van der Waals surface area contributed by atoms with Crippen LogP contribution in [0.2, 0.25) is 0 Å². The van der Waals surface area contributed by atoms with Gasteiger partial charge in [0.15, 0.2) is 0 Å². The van der Waals surface area contributed by atoms with Gasteiger partial charge in [-0.1, -0.05) is 0 Å². The van der Waals surface area contributed by atoms with E-state index in [0.717, 1.165) is 0 Å². The summed E-state index contributed by atoms with van der Waals surface area (Å²) in [5.41, 5.74) is 6.29. The number of hydrogen-bond acceptors (Lipinski definition) is 6. The molecular weight excluding hydrogens is 262 g/mol. The lowest BCUT2D eigenvalue weighted by molar-refractivity contribution is -0.237. The summed E-state index contributed by atoms with van der Waals surface area (Å²) < 4.78 is 21.8. The first kappa shape index (κ1) is 15.1. The molecule has 1 aromatic rings. The highest BCUT2D eigenvalue weighted by Crippen LogP contribution is 2.25. The number of hydrogen-bond donors (Lipinski definition) is 2. The van der Waals surface area contributed by atoms with Crippen LogP contribution < -0.4 is 10.5 Å². The van der Waals surface area contributed by atoms with Gasteiger partial charge in [0.2, 0.25) is 6.29 Å². The fraction of sp³-hybridized carbons (Fsp3) is 0.571. The average molecular weight is 283 g/mol. The zero-order valence-electron chi connectivity index (χ0n) is 11.7. The molecule has 1 aliphatic heterocycles. The molecule has 6 heteroatoms. The van der Waals surface area contributed by atoms with Crippen LogP contribution in [0.1, 0.15) is 6.42 Å². The molecule has 1 saturated heterocycles. The fourth-order valence-electron chi connectivity index (χ4n) is 2.29. The van der Waals surface area contributed by atoms with Gasteiger partial charge in [-0.15, -0.1) is 0 Å². The van der Waals surface area contributed by atoms with Crippen LogP contribution in [-0.2, 0) is 14.2 Å². The topological polar surface area (TPSA) is 83.2 Å². The second-order valence-electron chi connectivity index (χ2n) is 4.75. The molecule has 0 amide bonds. The standard InChI is InChI=1S/C14H21NO5/c1-17-8-12-14(18-2)11(16)7-13(20-12)19-10-5-3-9(15)4-6-10/h3-6,11-14,16H,7-8,15H2,1-2H3/t11-,12-,13-,14?/m1/s1. The van der Waals surface area contributed by atoms with Crippen molar-refractivity contribution in [3.63, 3.8) is 0 Å². The van der Waals surface area contributed by atoms with Crippen LogP contribution in [0, 0.1) is 0 Å². The van der Waals surface area contributed by atoms with Gasteiger partial charge >= 0.3 is 0 Å². The zero-order valence-corrected chi connectivity index (χ0v) is 11.7. The Balaban J connectivity index is 2.00. The van der Waals surface area contributed by atoms with Gasteiger partial charge < -0.3 is 29.8 Å². The Morgan fingerprint density at radius 2 is 2.00 bits per heavy atom. The second kappa shape index (κ2) is 6.90. The summed E-state index contributed by atoms with van der Waals surface area (Å²) in [6.45, 7) is 0.331. The predicted octanol–water partition coefficient (Wildman–Crippen LogP) is 0.785. The monoisotopic (exact) mass is 283 g/mol. The number of ether oxygens (including phenoxy) is 4. The maximum Gasteiger partial charge on any atom is 0.202 e. The molecule has 20 heavy (non-hydrogen) atoms. The lowest BCUT2D eigenvalue weighted by Crippen LogP contribution is -2.52. The van der Waals surface area contributed by atoms with Crippen molar-refractivity contribution in [2.45, 2.75) is 31.0 Å². The van der Waals surface area contributed by atoms with Gasteiger partial charge in [0.25, 0.3) is 0 Å². The number of rotatable bonds is 5. The van der Waals surface area contributed by atoms with Crippen LogP contribution >= 0.6 is 0 Å². The van der Waals surface area contributed by atoms with Crippen LogP contribution in [-0.4, -0.2) is 50.5 Å². The maximum absolute atomic E-state index is 10.1. The van der Waals surface area contributed by atoms with E-state index in [1.54, 1.807) is 38.5 Å². The number of benzene rings is 1. The normalized spacial score (nSPS) is 30.1. The third-order valence-electron chi connectivity index (χ3n) is 3.26. The zero-order chi connectivity index (χ0) is 14.5. The lowest BCUT2D eigenvalue weighted by atomic mass is 10.0. The van der Waals surface area contributed by atoms with Crippen molar-refractivity contribution in [1.82, 2.24) is 0 Å². The molecule has 0 bridgehead atoms. The highest BCUT2D eigenvalue weighted by molar-refractivity contribution is 5.41. The van der Waals surface area contributed by atoms with Gasteiger partial charge in [-0.2, -0.15) is 0 Å². The molecule has 0 saturated carbocycles. The van der Waals surface area contributed by atoms with Crippen molar-refractivity contribution in [3.8, 4) is 5.75 Å². The van der Waals surface area contributed by atoms with E-state index < -0.39 is 18.5 Å². The smallest absolute Gasteiger partial charge is 0.202 e. The summed E-state index contributed by atoms with van der Waals surface area (Å²) >= 11 is 0. The van der Waals surface area contributed by atoms with E-state index in [-0.39, 0.29) is 6.10 Å². The molecular formula is C14H21NO5. The van der Waals surface area contributed by atoms with E-state index in [9.17, 15) is 5.11 Å². The van der Waals surface area contributed by atoms with Gasteiger partial charge in [-0.05, 0) is 24.3 Å². The molecule has 0 aliphatic carbocycles. The van der Waals surface area contributed by atoms with Crippen molar-refractivity contribution in [2.75, 3.05) is 26.6 Å². The summed E-state index contributed by atoms with van der Waals surface area (Å²) in [5.74, 6) is 0.642. The van der Waals surface area contributed by atoms with Crippen molar-refractivity contribution < 1.29 is 24.1 Å². The minimum Gasteiger partial charge on any atom is -0.465 e. The molecule has 1 aromatic carbocycles. The third-order valence-corrected chi connectivity index (χ3v) is 3.26. The van der Waals surface area contributed by atoms with Crippen molar-refractivity contribution >= 4 is 5.69 Å². The molecule has 1 unspecified atom stereocenters. The summed E-state index contributed by atoms with van der Waals surface area (Å²) in [4.78, 5) is 0. The molecule has 1 aliphatic rings. The Bertz CT molecular complexity index is 411. The lowest BCUT2D eigenvalue weighted by Gasteiger charge is -2.38. The van der Waals surface area contributed by atoms with E-state index in [4.69, 9.17) is 24.7 Å². The minimum atomic E-state index is -0.660. The Kier molecular flexibility index (Phi) is 5.19. The molecule has 1 fully saturated rings. The molecule has 112 valence electrons. The van der Waals surface area contributed by atoms with Crippen LogP contribution in [0.25, 0.3) is 0 Å². The Morgan fingerprint density at radius 1 is 1.30 bits per heavy atom. The Hall–Kier alpha value is -1.34. The van der Waals surface area contributed by atoms with Gasteiger partial charge in [-0.3, -0.25) is 0 Å². The largest absolute Gasteiger partial charge is 0.465 e. The number of methoxy groups -OCH3 is 2. The van der Waals surface area contributed by atoms with Crippen LogP contribution in [0.5, 0.6) is 5.75 Å². The molecule has 0 radical (unpaired) electrons. The van der Waals surface area contributed by atoms with E-state index in [0.29, 0.717) is 24.5 Å². The molecule has 0 spiro atoms. The molecule has 0 aromatic heterocycles. The SMILES string of the molecule is COC[C@H]1O[C@@H](Oc2ccc(N)cc2)C[C@@H](O)C1OC.